The van der Waals surface area contributed by atoms with Crippen LogP contribution in [0.25, 0.3) is 11.1 Å². The Bertz CT molecular complexity index is 814. The monoisotopic (exact) mass is 374 g/mol. The van der Waals surface area contributed by atoms with Gasteiger partial charge in [0.05, 0.1) is 6.54 Å². The summed E-state index contributed by atoms with van der Waals surface area (Å²) in [5, 5.41) is 2.70. The summed E-state index contributed by atoms with van der Waals surface area (Å²) in [6, 6.07) is 6.48. The lowest BCUT2D eigenvalue weighted by Gasteiger charge is -2.33. The molecule has 2 aromatic rings. The highest BCUT2D eigenvalue weighted by molar-refractivity contribution is 5.91. The van der Waals surface area contributed by atoms with Crippen LogP contribution in [0.5, 0.6) is 0 Å². The number of carbonyl (C=O) groups excluding carboxylic acids is 2. The van der Waals surface area contributed by atoms with E-state index in [1.807, 2.05) is 4.90 Å². The van der Waals surface area contributed by atoms with E-state index < -0.39 is 11.6 Å². The van der Waals surface area contributed by atoms with Crippen LogP contribution in [0.15, 0.2) is 36.5 Å². The summed E-state index contributed by atoms with van der Waals surface area (Å²) in [5.74, 6) is -1.12. The lowest BCUT2D eigenvalue weighted by molar-refractivity contribution is -0.130. The summed E-state index contributed by atoms with van der Waals surface area (Å²) in [7, 11) is 0. The number of nitrogens with one attached hydrogen (secondary N) is 1. The van der Waals surface area contributed by atoms with Crippen molar-refractivity contribution in [2.75, 3.05) is 38.0 Å². The number of pyridine rings is 1. The quantitative estimate of drug-likeness (QED) is 0.891. The third-order valence-corrected chi connectivity index (χ3v) is 4.41. The number of rotatable bonds is 4. The van der Waals surface area contributed by atoms with E-state index in [1.54, 1.807) is 17.0 Å². The SMILES string of the molecule is CC(=O)N1CCN(CC(=O)Nc2ccc(-c3cc(F)cc(F)c3)cn2)CC1. The molecule has 0 atom stereocenters. The molecular formula is C19H20F2N4O2. The maximum absolute atomic E-state index is 13.3. The molecule has 142 valence electrons. The molecule has 0 radical (unpaired) electrons. The lowest BCUT2D eigenvalue weighted by Crippen LogP contribution is -2.49. The molecule has 1 fully saturated rings. The molecule has 1 aliphatic rings. The van der Waals surface area contributed by atoms with Crippen molar-refractivity contribution in [1.29, 1.82) is 0 Å². The second-order valence-corrected chi connectivity index (χ2v) is 6.42. The van der Waals surface area contributed by atoms with Crippen molar-refractivity contribution in [3.63, 3.8) is 0 Å². The molecule has 0 bridgehead atoms. The zero-order valence-electron chi connectivity index (χ0n) is 14.9. The van der Waals surface area contributed by atoms with E-state index in [1.165, 1.54) is 25.3 Å². The number of carbonyl (C=O) groups is 2. The fourth-order valence-corrected chi connectivity index (χ4v) is 2.97. The van der Waals surface area contributed by atoms with E-state index in [4.69, 9.17) is 0 Å². The summed E-state index contributed by atoms with van der Waals surface area (Å²) in [5.41, 5.74) is 0.924. The standard InChI is InChI=1S/C19H20F2N4O2/c1-13(26)25-6-4-24(5-7-25)12-19(27)23-18-3-2-14(11-22-18)15-8-16(20)10-17(21)9-15/h2-3,8-11H,4-7,12H2,1H3,(H,22,23,27). The Labute approximate surface area is 155 Å². The van der Waals surface area contributed by atoms with Crippen molar-refractivity contribution < 1.29 is 18.4 Å². The first kappa shape index (κ1) is 18.9. The van der Waals surface area contributed by atoms with Gasteiger partial charge in [-0.25, -0.2) is 13.8 Å². The van der Waals surface area contributed by atoms with Gasteiger partial charge >= 0.3 is 0 Å². The van der Waals surface area contributed by atoms with Crippen LogP contribution in [-0.4, -0.2) is 59.3 Å². The van der Waals surface area contributed by atoms with Gasteiger partial charge in [-0.3, -0.25) is 14.5 Å². The number of aromatic nitrogens is 1. The lowest BCUT2D eigenvalue weighted by atomic mass is 10.1. The molecule has 1 aromatic heterocycles. The number of anilines is 1. The third-order valence-electron chi connectivity index (χ3n) is 4.41. The molecule has 1 saturated heterocycles. The van der Waals surface area contributed by atoms with Crippen LogP contribution in [0.3, 0.4) is 0 Å². The van der Waals surface area contributed by atoms with E-state index in [0.717, 1.165) is 6.07 Å². The minimum absolute atomic E-state index is 0.0431. The van der Waals surface area contributed by atoms with Crippen LogP contribution in [-0.2, 0) is 9.59 Å². The topological polar surface area (TPSA) is 65.5 Å². The first-order chi connectivity index (χ1) is 12.9. The van der Waals surface area contributed by atoms with Gasteiger partial charge in [-0.2, -0.15) is 0 Å². The van der Waals surface area contributed by atoms with Gasteiger partial charge in [0.1, 0.15) is 17.5 Å². The van der Waals surface area contributed by atoms with E-state index >= 15 is 0 Å². The zero-order chi connectivity index (χ0) is 19.4. The maximum atomic E-state index is 13.3. The predicted octanol–water partition coefficient (Wildman–Crippen LogP) is 2.13. The molecule has 6 nitrogen and oxygen atoms in total. The van der Waals surface area contributed by atoms with Gasteiger partial charge in [-0.15, -0.1) is 0 Å². The fraction of sp³-hybridized carbons (Fsp3) is 0.316. The Morgan fingerprint density at radius 1 is 1.04 bits per heavy atom. The minimum atomic E-state index is -0.660. The molecule has 1 N–H and O–H groups in total. The Kier molecular flexibility index (Phi) is 5.75. The van der Waals surface area contributed by atoms with Gasteiger partial charge < -0.3 is 10.2 Å². The summed E-state index contributed by atoms with van der Waals surface area (Å²) < 4.78 is 26.6. The maximum Gasteiger partial charge on any atom is 0.239 e. The highest BCUT2D eigenvalue weighted by atomic mass is 19.1. The summed E-state index contributed by atoms with van der Waals surface area (Å²) >= 11 is 0. The predicted molar refractivity (Wildman–Crippen MR) is 96.9 cm³/mol. The Balaban J connectivity index is 1.55. The van der Waals surface area contributed by atoms with Crippen LogP contribution in [0, 0.1) is 11.6 Å². The van der Waals surface area contributed by atoms with Gasteiger partial charge in [-0.1, -0.05) is 0 Å². The molecule has 27 heavy (non-hydrogen) atoms. The number of piperazine rings is 1. The average Bonchev–Trinajstić information content (AvgIpc) is 2.62. The van der Waals surface area contributed by atoms with Crippen LogP contribution in [0.4, 0.5) is 14.6 Å². The van der Waals surface area contributed by atoms with Crippen molar-refractivity contribution in [3.8, 4) is 11.1 Å². The molecule has 0 aliphatic carbocycles. The molecule has 1 aromatic carbocycles. The second kappa shape index (κ2) is 8.22. The largest absolute Gasteiger partial charge is 0.340 e. The first-order valence-corrected chi connectivity index (χ1v) is 8.61. The number of benzene rings is 1. The van der Waals surface area contributed by atoms with Gasteiger partial charge in [0.15, 0.2) is 0 Å². The molecule has 2 amide bonds. The van der Waals surface area contributed by atoms with E-state index in [0.29, 0.717) is 43.1 Å². The number of hydrogen-bond donors (Lipinski definition) is 1. The normalized spacial score (nSPS) is 14.9. The first-order valence-electron chi connectivity index (χ1n) is 8.61. The third kappa shape index (κ3) is 5.07. The van der Waals surface area contributed by atoms with Gasteiger partial charge in [0, 0.05) is 50.9 Å². The van der Waals surface area contributed by atoms with Crippen molar-refractivity contribution in [1.82, 2.24) is 14.8 Å². The molecule has 2 heterocycles. The Hall–Kier alpha value is -2.87. The molecule has 3 rings (SSSR count). The number of nitrogens with zero attached hydrogens (tertiary/aromatic N) is 3. The summed E-state index contributed by atoms with van der Waals surface area (Å²) in [4.78, 5) is 31.3. The number of halogens is 2. The van der Waals surface area contributed by atoms with Gasteiger partial charge in [0.25, 0.3) is 0 Å². The van der Waals surface area contributed by atoms with Crippen LogP contribution < -0.4 is 5.32 Å². The zero-order valence-corrected chi connectivity index (χ0v) is 14.9. The van der Waals surface area contributed by atoms with Crippen LogP contribution in [0.2, 0.25) is 0 Å². The smallest absolute Gasteiger partial charge is 0.239 e. The summed E-state index contributed by atoms with van der Waals surface area (Å²) in [6.45, 7) is 4.26. The molecule has 0 saturated carbocycles. The van der Waals surface area contributed by atoms with E-state index in [2.05, 4.69) is 10.3 Å². The molecular weight excluding hydrogens is 354 g/mol. The van der Waals surface area contributed by atoms with Crippen molar-refractivity contribution in [2.45, 2.75) is 6.92 Å². The Morgan fingerprint density at radius 2 is 1.70 bits per heavy atom. The van der Waals surface area contributed by atoms with Crippen molar-refractivity contribution in [2.24, 2.45) is 0 Å². The molecule has 1 aliphatic heterocycles. The van der Waals surface area contributed by atoms with E-state index in [-0.39, 0.29) is 18.4 Å². The van der Waals surface area contributed by atoms with Crippen molar-refractivity contribution in [3.05, 3.63) is 48.2 Å². The minimum Gasteiger partial charge on any atom is -0.340 e. The van der Waals surface area contributed by atoms with Crippen molar-refractivity contribution >= 4 is 17.6 Å². The van der Waals surface area contributed by atoms with Gasteiger partial charge in [-0.05, 0) is 29.8 Å². The fourth-order valence-electron chi connectivity index (χ4n) is 2.97. The molecule has 0 spiro atoms. The number of hydrogen-bond acceptors (Lipinski definition) is 4. The number of amides is 2. The highest BCUT2D eigenvalue weighted by Gasteiger charge is 2.20. The van der Waals surface area contributed by atoms with Gasteiger partial charge in [0.2, 0.25) is 11.8 Å². The average molecular weight is 374 g/mol. The summed E-state index contributed by atoms with van der Waals surface area (Å²) in [6.07, 6.45) is 1.45. The second-order valence-electron chi connectivity index (χ2n) is 6.42. The molecule has 8 heteroatoms. The van der Waals surface area contributed by atoms with E-state index in [9.17, 15) is 18.4 Å². The van der Waals surface area contributed by atoms with Crippen LogP contribution in [0.1, 0.15) is 6.92 Å². The Morgan fingerprint density at radius 3 is 2.26 bits per heavy atom. The van der Waals surface area contributed by atoms with Crippen LogP contribution >= 0.6 is 0 Å². The molecule has 0 unspecified atom stereocenters. The highest BCUT2D eigenvalue weighted by Crippen LogP contribution is 2.22.